The van der Waals surface area contributed by atoms with Crippen LogP contribution in [0.5, 0.6) is 0 Å². The summed E-state index contributed by atoms with van der Waals surface area (Å²) in [6.45, 7) is 1.38. The van der Waals surface area contributed by atoms with Gasteiger partial charge in [-0.25, -0.2) is 0 Å². The molecular formula is C19H25N3O2. The van der Waals surface area contributed by atoms with Gasteiger partial charge in [0.15, 0.2) is 5.82 Å². The van der Waals surface area contributed by atoms with Crippen molar-refractivity contribution in [2.75, 3.05) is 13.2 Å². The van der Waals surface area contributed by atoms with E-state index in [1.807, 2.05) is 0 Å². The zero-order valence-electron chi connectivity index (χ0n) is 14.0. The molecule has 0 saturated heterocycles. The van der Waals surface area contributed by atoms with Crippen LogP contribution in [-0.4, -0.2) is 33.3 Å². The standard InChI is InChI=1S/C19H25N3O2/c23-12-11-22(17-10-9-14-5-3-4-8-16(14)17)13-18-20-19(21-24-18)15-6-1-2-7-15/h3-5,8,15,17,23H,1-2,6-7,9-13H2. The van der Waals surface area contributed by atoms with Crippen molar-refractivity contribution >= 4 is 0 Å². The highest BCUT2D eigenvalue weighted by molar-refractivity contribution is 5.34. The maximum Gasteiger partial charge on any atom is 0.240 e. The van der Waals surface area contributed by atoms with Gasteiger partial charge >= 0.3 is 0 Å². The first kappa shape index (κ1) is 15.8. The molecule has 1 atom stereocenters. The van der Waals surface area contributed by atoms with E-state index in [1.54, 1.807) is 0 Å². The highest BCUT2D eigenvalue weighted by Crippen LogP contribution is 2.36. The third-order valence-electron chi connectivity index (χ3n) is 5.47. The maximum atomic E-state index is 9.49. The molecule has 2 aliphatic rings. The molecule has 2 aromatic rings. The van der Waals surface area contributed by atoms with E-state index in [4.69, 9.17) is 4.52 Å². The van der Waals surface area contributed by atoms with Gasteiger partial charge in [-0.2, -0.15) is 4.98 Å². The molecule has 1 heterocycles. The molecule has 0 aliphatic heterocycles. The Morgan fingerprint density at radius 2 is 2.00 bits per heavy atom. The summed E-state index contributed by atoms with van der Waals surface area (Å²) in [4.78, 5) is 6.92. The van der Waals surface area contributed by atoms with E-state index < -0.39 is 0 Å². The van der Waals surface area contributed by atoms with Crippen molar-refractivity contribution in [3.05, 3.63) is 47.1 Å². The predicted molar refractivity (Wildman–Crippen MR) is 90.5 cm³/mol. The second kappa shape index (κ2) is 7.03. The second-order valence-electron chi connectivity index (χ2n) is 6.98. The zero-order chi connectivity index (χ0) is 16.4. The first-order valence-corrected chi connectivity index (χ1v) is 9.10. The van der Waals surface area contributed by atoms with Crippen LogP contribution < -0.4 is 0 Å². The van der Waals surface area contributed by atoms with Gasteiger partial charge in [0.25, 0.3) is 0 Å². The van der Waals surface area contributed by atoms with E-state index in [9.17, 15) is 5.11 Å². The van der Waals surface area contributed by atoms with Crippen LogP contribution in [0.1, 0.15) is 66.9 Å². The fourth-order valence-corrected chi connectivity index (χ4v) is 4.24. The topological polar surface area (TPSA) is 62.4 Å². The van der Waals surface area contributed by atoms with Gasteiger partial charge in [0.05, 0.1) is 13.2 Å². The molecule has 0 spiro atoms. The van der Waals surface area contributed by atoms with Crippen LogP contribution in [0.3, 0.4) is 0 Å². The van der Waals surface area contributed by atoms with Crippen molar-refractivity contribution in [2.45, 2.75) is 57.0 Å². The van der Waals surface area contributed by atoms with Crippen LogP contribution in [-0.2, 0) is 13.0 Å². The van der Waals surface area contributed by atoms with E-state index in [1.165, 1.54) is 36.8 Å². The summed E-state index contributed by atoms with van der Waals surface area (Å²) in [7, 11) is 0. The molecule has 5 nitrogen and oxygen atoms in total. The Kier molecular flexibility index (Phi) is 4.63. The minimum atomic E-state index is 0.141. The first-order chi connectivity index (χ1) is 11.8. The molecule has 1 aromatic heterocycles. The lowest BCUT2D eigenvalue weighted by Crippen LogP contribution is -2.30. The summed E-state index contributed by atoms with van der Waals surface area (Å²) >= 11 is 0. The quantitative estimate of drug-likeness (QED) is 0.883. The highest BCUT2D eigenvalue weighted by Gasteiger charge is 2.29. The van der Waals surface area contributed by atoms with Crippen LogP contribution >= 0.6 is 0 Å². The predicted octanol–water partition coefficient (Wildman–Crippen LogP) is 3.21. The molecule has 1 N–H and O–H groups in total. The molecule has 1 fully saturated rings. The number of benzene rings is 1. The van der Waals surface area contributed by atoms with E-state index in [0.29, 0.717) is 30.9 Å². The Balaban J connectivity index is 1.50. The summed E-state index contributed by atoms with van der Waals surface area (Å²) in [6.07, 6.45) is 7.07. The third kappa shape index (κ3) is 3.10. The smallest absolute Gasteiger partial charge is 0.240 e. The van der Waals surface area contributed by atoms with Crippen molar-refractivity contribution in [3.8, 4) is 0 Å². The average Bonchev–Trinajstić information content (AvgIpc) is 3.34. The number of hydrogen-bond acceptors (Lipinski definition) is 5. The molecule has 2 aliphatic carbocycles. The maximum absolute atomic E-state index is 9.49. The number of aliphatic hydroxyl groups is 1. The SMILES string of the molecule is OCCN(Cc1nc(C2CCCC2)no1)C1CCc2ccccc21. The zero-order valence-corrected chi connectivity index (χ0v) is 14.0. The molecule has 0 radical (unpaired) electrons. The Hall–Kier alpha value is -1.72. The monoisotopic (exact) mass is 327 g/mol. The van der Waals surface area contributed by atoms with Crippen molar-refractivity contribution in [1.29, 1.82) is 0 Å². The van der Waals surface area contributed by atoms with Crippen LogP contribution in [0.25, 0.3) is 0 Å². The number of aromatic nitrogens is 2. The second-order valence-corrected chi connectivity index (χ2v) is 6.98. The Labute approximate surface area is 142 Å². The van der Waals surface area contributed by atoms with E-state index >= 15 is 0 Å². The molecule has 24 heavy (non-hydrogen) atoms. The molecule has 128 valence electrons. The van der Waals surface area contributed by atoms with Crippen LogP contribution in [0.2, 0.25) is 0 Å². The fourth-order valence-electron chi connectivity index (χ4n) is 4.24. The summed E-state index contributed by atoms with van der Waals surface area (Å²) in [5.74, 6) is 2.02. The summed E-state index contributed by atoms with van der Waals surface area (Å²) in [5, 5.41) is 13.7. The molecule has 5 heteroatoms. The van der Waals surface area contributed by atoms with Gasteiger partial charge in [0, 0.05) is 18.5 Å². The molecule has 1 unspecified atom stereocenters. The number of aliphatic hydroxyl groups excluding tert-OH is 1. The molecule has 1 saturated carbocycles. The summed E-state index contributed by atoms with van der Waals surface area (Å²) < 4.78 is 5.52. The van der Waals surface area contributed by atoms with Crippen LogP contribution in [0.4, 0.5) is 0 Å². The Bertz CT molecular complexity index is 679. The minimum Gasteiger partial charge on any atom is -0.395 e. The van der Waals surface area contributed by atoms with E-state index in [0.717, 1.165) is 18.7 Å². The molecule has 0 bridgehead atoms. The lowest BCUT2D eigenvalue weighted by molar-refractivity contribution is 0.128. The lowest BCUT2D eigenvalue weighted by atomic mass is 10.1. The lowest BCUT2D eigenvalue weighted by Gasteiger charge is -2.27. The number of hydrogen-bond donors (Lipinski definition) is 1. The van der Waals surface area contributed by atoms with Gasteiger partial charge in [-0.05, 0) is 36.8 Å². The normalized spacial score (nSPS) is 20.8. The number of aryl methyl sites for hydroxylation is 1. The Morgan fingerprint density at radius 1 is 1.17 bits per heavy atom. The largest absolute Gasteiger partial charge is 0.395 e. The van der Waals surface area contributed by atoms with E-state index in [-0.39, 0.29) is 6.61 Å². The van der Waals surface area contributed by atoms with Gasteiger partial charge in [-0.3, -0.25) is 4.90 Å². The molecule has 4 rings (SSSR count). The van der Waals surface area contributed by atoms with Crippen molar-refractivity contribution < 1.29 is 9.63 Å². The van der Waals surface area contributed by atoms with Gasteiger partial charge in [-0.15, -0.1) is 0 Å². The molecule has 0 amide bonds. The van der Waals surface area contributed by atoms with E-state index in [2.05, 4.69) is 39.3 Å². The molecule has 1 aromatic carbocycles. The summed E-state index contributed by atoms with van der Waals surface area (Å²) in [6, 6.07) is 8.94. The molecular weight excluding hydrogens is 302 g/mol. The van der Waals surface area contributed by atoms with Gasteiger partial charge in [0.1, 0.15) is 0 Å². The number of fused-ring (bicyclic) bond motifs is 1. The third-order valence-corrected chi connectivity index (χ3v) is 5.47. The van der Waals surface area contributed by atoms with Crippen molar-refractivity contribution in [2.24, 2.45) is 0 Å². The fraction of sp³-hybridized carbons (Fsp3) is 0.579. The average molecular weight is 327 g/mol. The van der Waals surface area contributed by atoms with Gasteiger partial charge in [-0.1, -0.05) is 42.3 Å². The van der Waals surface area contributed by atoms with Crippen LogP contribution in [0.15, 0.2) is 28.8 Å². The Morgan fingerprint density at radius 3 is 2.83 bits per heavy atom. The summed E-state index contributed by atoms with van der Waals surface area (Å²) in [5.41, 5.74) is 2.80. The first-order valence-electron chi connectivity index (χ1n) is 9.10. The number of rotatable bonds is 6. The number of nitrogens with zero attached hydrogens (tertiary/aromatic N) is 3. The van der Waals surface area contributed by atoms with Gasteiger partial charge < -0.3 is 9.63 Å². The van der Waals surface area contributed by atoms with Crippen molar-refractivity contribution in [1.82, 2.24) is 15.0 Å². The highest BCUT2D eigenvalue weighted by atomic mass is 16.5. The van der Waals surface area contributed by atoms with Gasteiger partial charge in [0.2, 0.25) is 5.89 Å². The van der Waals surface area contributed by atoms with Crippen molar-refractivity contribution in [3.63, 3.8) is 0 Å². The minimum absolute atomic E-state index is 0.141. The van der Waals surface area contributed by atoms with Crippen LogP contribution in [0, 0.1) is 0 Å².